The Balaban J connectivity index is 1.69. The first-order valence-corrected chi connectivity index (χ1v) is 9.63. The second-order valence-electron chi connectivity index (χ2n) is 6.72. The van der Waals surface area contributed by atoms with Crippen LogP contribution in [0.15, 0.2) is 40.5 Å². The zero-order chi connectivity index (χ0) is 18.5. The number of fused-ring (bicyclic) bond motifs is 2. The van der Waals surface area contributed by atoms with Crippen LogP contribution in [0.25, 0.3) is 21.3 Å². The molecule has 27 heavy (non-hydrogen) atoms. The monoisotopic (exact) mass is 375 g/mol. The van der Waals surface area contributed by atoms with E-state index in [4.69, 9.17) is 4.98 Å². The first kappa shape index (κ1) is 16.1. The Hall–Kier alpha value is -3.06. The minimum absolute atomic E-state index is 0.0596. The van der Waals surface area contributed by atoms with Crippen molar-refractivity contribution in [1.82, 2.24) is 19.9 Å². The summed E-state index contributed by atoms with van der Waals surface area (Å²) in [6.45, 7) is 4.80. The van der Waals surface area contributed by atoms with Crippen molar-refractivity contribution >= 4 is 27.4 Å². The number of hydrogen-bond donors (Lipinski definition) is 1. The number of H-pyrrole nitrogens is 1. The highest BCUT2D eigenvalue weighted by atomic mass is 32.1. The maximum absolute atomic E-state index is 12.3. The van der Waals surface area contributed by atoms with Crippen LogP contribution in [0.3, 0.4) is 0 Å². The van der Waals surface area contributed by atoms with Crippen LogP contribution >= 0.6 is 11.3 Å². The van der Waals surface area contributed by atoms with Crippen molar-refractivity contribution in [1.29, 1.82) is 0 Å². The summed E-state index contributed by atoms with van der Waals surface area (Å²) in [6, 6.07) is 10.3. The molecule has 0 fully saturated rings. The fourth-order valence-electron chi connectivity index (χ4n) is 3.63. The van der Waals surface area contributed by atoms with E-state index in [2.05, 4.69) is 37.4 Å². The second-order valence-corrected chi connectivity index (χ2v) is 7.58. The van der Waals surface area contributed by atoms with Crippen molar-refractivity contribution in [3.63, 3.8) is 0 Å². The topological polar surface area (TPSA) is 74.8 Å². The molecule has 0 saturated carbocycles. The summed E-state index contributed by atoms with van der Waals surface area (Å²) in [6.07, 6.45) is 0. The van der Waals surface area contributed by atoms with Crippen LogP contribution in [-0.4, -0.2) is 19.9 Å². The Bertz CT molecular complexity index is 1230. The zero-order valence-corrected chi connectivity index (χ0v) is 15.8. The molecule has 1 aliphatic rings. The standard InChI is InChI=1S/C20H17N5OS/c1-11-21-16-9-25(8-14(16)19(26)23-11)18-17-15(13-6-4-3-5-7-13)10-27-20(17)24-12(2)22-18/h3-7,10H,8-9H2,1-2H3,(H,21,23,26). The Morgan fingerprint density at radius 2 is 1.89 bits per heavy atom. The molecule has 0 bridgehead atoms. The van der Waals surface area contributed by atoms with Crippen molar-refractivity contribution in [2.24, 2.45) is 0 Å². The van der Waals surface area contributed by atoms with Crippen molar-refractivity contribution in [2.75, 3.05) is 4.90 Å². The minimum atomic E-state index is -0.0596. The Kier molecular flexibility index (Phi) is 3.58. The van der Waals surface area contributed by atoms with Gasteiger partial charge in [-0.3, -0.25) is 4.79 Å². The zero-order valence-electron chi connectivity index (χ0n) is 15.0. The quantitative estimate of drug-likeness (QED) is 0.580. The summed E-state index contributed by atoms with van der Waals surface area (Å²) in [5.41, 5.74) is 3.76. The Morgan fingerprint density at radius 3 is 2.70 bits per heavy atom. The molecular formula is C20H17N5OS. The number of aromatic nitrogens is 4. The molecule has 134 valence electrons. The van der Waals surface area contributed by atoms with Gasteiger partial charge in [0.1, 0.15) is 22.3 Å². The van der Waals surface area contributed by atoms with Gasteiger partial charge in [-0.05, 0) is 19.4 Å². The molecule has 0 atom stereocenters. The van der Waals surface area contributed by atoms with Crippen LogP contribution in [0, 0.1) is 13.8 Å². The summed E-state index contributed by atoms with van der Waals surface area (Å²) >= 11 is 1.62. The van der Waals surface area contributed by atoms with Crippen molar-refractivity contribution in [2.45, 2.75) is 26.9 Å². The molecule has 4 aromatic rings. The van der Waals surface area contributed by atoms with Crippen LogP contribution in [0.1, 0.15) is 22.9 Å². The molecule has 6 nitrogen and oxygen atoms in total. The first-order valence-electron chi connectivity index (χ1n) is 8.75. The van der Waals surface area contributed by atoms with Gasteiger partial charge in [0, 0.05) is 10.9 Å². The van der Waals surface area contributed by atoms with Gasteiger partial charge in [-0.1, -0.05) is 30.3 Å². The predicted molar refractivity (Wildman–Crippen MR) is 107 cm³/mol. The second kappa shape index (κ2) is 5.99. The van der Waals surface area contributed by atoms with E-state index in [0.29, 0.717) is 18.9 Å². The molecule has 0 amide bonds. The third-order valence-corrected chi connectivity index (χ3v) is 5.69. The number of thiophene rings is 1. The molecule has 3 aromatic heterocycles. The molecule has 1 aromatic carbocycles. The molecule has 0 saturated heterocycles. The largest absolute Gasteiger partial charge is 0.345 e. The van der Waals surface area contributed by atoms with Gasteiger partial charge >= 0.3 is 0 Å². The summed E-state index contributed by atoms with van der Waals surface area (Å²) in [5.74, 6) is 2.24. The van der Waals surface area contributed by atoms with Crippen molar-refractivity contribution in [3.05, 3.63) is 69.0 Å². The number of nitrogens with zero attached hydrogens (tertiary/aromatic N) is 4. The van der Waals surface area contributed by atoms with Crippen LogP contribution in [0.5, 0.6) is 0 Å². The van der Waals surface area contributed by atoms with Gasteiger partial charge in [0.25, 0.3) is 5.56 Å². The number of nitrogens with one attached hydrogen (secondary N) is 1. The SMILES string of the molecule is Cc1nc(N2Cc3nc(C)[nH]c(=O)c3C2)c2c(-c3ccccc3)csc2n1. The molecule has 5 rings (SSSR count). The molecule has 0 unspecified atom stereocenters. The van der Waals surface area contributed by atoms with Crippen molar-refractivity contribution < 1.29 is 0 Å². The lowest BCUT2D eigenvalue weighted by Crippen LogP contribution is -2.19. The average molecular weight is 375 g/mol. The lowest BCUT2D eigenvalue weighted by atomic mass is 10.1. The predicted octanol–water partition coefficient (Wildman–Crippen LogP) is 3.58. The van der Waals surface area contributed by atoms with E-state index >= 15 is 0 Å². The lowest BCUT2D eigenvalue weighted by molar-refractivity contribution is 0.843. The first-order chi connectivity index (χ1) is 13.1. The Morgan fingerprint density at radius 1 is 1.07 bits per heavy atom. The van der Waals surface area contributed by atoms with Gasteiger partial charge in [-0.25, -0.2) is 15.0 Å². The van der Waals surface area contributed by atoms with E-state index in [1.54, 1.807) is 11.3 Å². The van der Waals surface area contributed by atoms with Crippen LogP contribution in [-0.2, 0) is 13.1 Å². The smallest absolute Gasteiger partial charge is 0.256 e. The molecule has 0 aliphatic carbocycles. The molecule has 1 N–H and O–H groups in total. The summed E-state index contributed by atoms with van der Waals surface area (Å²) < 4.78 is 0. The maximum atomic E-state index is 12.3. The highest BCUT2D eigenvalue weighted by Crippen LogP contribution is 2.39. The van der Waals surface area contributed by atoms with Crippen molar-refractivity contribution in [3.8, 4) is 11.1 Å². The van der Waals surface area contributed by atoms with Crippen LogP contribution < -0.4 is 10.5 Å². The van der Waals surface area contributed by atoms with Gasteiger partial charge < -0.3 is 9.88 Å². The minimum Gasteiger partial charge on any atom is -0.345 e. The highest BCUT2D eigenvalue weighted by molar-refractivity contribution is 7.17. The van der Waals surface area contributed by atoms with Gasteiger partial charge in [0.2, 0.25) is 0 Å². The van der Waals surface area contributed by atoms with Crippen LogP contribution in [0.4, 0.5) is 5.82 Å². The van der Waals surface area contributed by atoms with Gasteiger partial charge in [-0.15, -0.1) is 11.3 Å². The number of rotatable bonds is 2. The molecule has 1 aliphatic heterocycles. The number of benzene rings is 1. The third kappa shape index (κ3) is 2.62. The molecule has 0 radical (unpaired) electrons. The number of aromatic amines is 1. The molecule has 4 heterocycles. The number of anilines is 1. The number of aryl methyl sites for hydroxylation is 2. The number of hydrogen-bond acceptors (Lipinski definition) is 6. The molecule has 7 heteroatoms. The van der Waals surface area contributed by atoms with E-state index in [9.17, 15) is 4.79 Å². The summed E-state index contributed by atoms with van der Waals surface area (Å²) in [4.78, 5) is 32.1. The van der Waals surface area contributed by atoms with Gasteiger partial charge in [0.05, 0.1) is 29.7 Å². The average Bonchev–Trinajstić information content (AvgIpc) is 3.26. The Labute approximate surface area is 159 Å². The van der Waals surface area contributed by atoms with E-state index in [-0.39, 0.29) is 5.56 Å². The highest BCUT2D eigenvalue weighted by Gasteiger charge is 2.27. The lowest BCUT2D eigenvalue weighted by Gasteiger charge is -2.18. The fourth-order valence-corrected chi connectivity index (χ4v) is 4.61. The van der Waals surface area contributed by atoms with E-state index in [1.165, 1.54) is 0 Å². The van der Waals surface area contributed by atoms with E-state index in [0.717, 1.165) is 44.2 Å². The normalized spacial score (nSPS) is 13.3. The summed E-state index contributed by atoms with van der Waals surface area (Å²) in [5, 5.41) is 3.17. The maximum Gasteiger partial charge on any atom is 0.256 e. The van der Waals surface area contributed by atoms with Gasteiger partial charge in [0.15, 0.2) is 0 Å². The summed E-state index contributed by atoms with van der Waals surface area (Å²) in [7, 11) is 0. The fraction of sp³-hybridized carbons (Fsp3) is 0.200. The van der Waals surface area contributed by atoms with Gasteiger partial charge in [-0.2, -0.15) is 0 Å². The third-order valence-electron chi connectivity index (χ3n) is 4.82. The van der Waals surface area contributed by atoms with E-state index in [1.807, 2.05) is 32.0 Å². The van der Waals surface area contributed by atoms with E-state index < -0.39 is 0 Å². The van der Waals surface area contributed by atoms with Crippen LogP contribution in [0.2, 0.25) is 0 Å². The molecule has 0 spiro atoms. The molecular weight excluding hydrogens is 358 g/mol.